The summed E-state index contributed by atoms with van der Waals surface area (Å²) in [7, 11) is -1.38. The van der Waals surface area contributed by atoms with E-state index in [0.717, 1.165) is 25.3 Å². The SMILES string of the molecule is CCN(CCCNC(=NC)NCCc1cc(C)cc(C)c1)S(C)(=O)=O. The predicted molar refractivity (Wildman–Crippen MR) is 106 cm³/mol. The van der Waals surface area contributed by atoms with E-state index < -0.39 is 10.0 Å². The van der Waals surface area contributed by atoms with E-state index in [-0.39, 0.29) is 0 Å². The van der Waals surface area contributed by atoms with Crippen molar-refractivity contribution in [1.82, 2.24) is 14.9 Å². The number of aryl methyl sites for hydroxylation is 2. The van der Waals surface area contributed by atoms with Crippen molar-refractivity contribution in [3.63, 3.8) is 0 Å². The lowest BCUT2D eigenvalue weighted by Gasteiger charge is -2.18. The summed E-state index contributed by atoms with van der Waals surface area (Å²) < 4.78 is 24.6. The second-order valence-corrected chi connectivity index (χ2v) is 8.26. The third kappa shape index (κ3) is 8.36. The highest BCUT2D eigenvalue weighted by Crippen LogP contribution is 2.08. The lowest BCUT2D eigenvalue weighted by atomic mass is 10.1. The number of rotatable bonds is 9. The van der Waals surface area contributed by atoms with E-state index in [1.807, 2.05) is 6.92 Å². The van der Waals surface area contributed by atoms with Crippen LogP contribution in [0.4, 0.5) is 0 Å². The summed E-state index contributed by atoms with van der Waals surface area (Å²) in [6, 6.07) is 6.58. The van der Waals surface area contributed by atoms with Crippen LogP contribution in [-0.4, -0.2) is 58.2 Å². The molecule has 25 heavy (non-hydrogen) atoms. The molecule has 0 bridgehead atoms. The van der Waals surface area contributed by atoms with Crippen molar-refractivity contribution in [3.05, 3.63) is 34.9 Å². The van der Waals surface area contributed by atoms with Crippen LogP contribution in [-0.2, 0) is 16.4 Å². The molecule has 6 nitrogen and oxygen atoms in total. The maximum atomic E-state index is 11.5. The van der Waals surface area contributed by atoms with Crippen LogP contribution in [0.25, 0.3) is 0 Å². The van der Waals surface area contributed by atoms with E-state index in [1.165, 1.54) is 27.3 Å². The van der Waals surface area contributed by atoms with E-state index in [1.54, 1.807) is 7.05 Å². The van der Waals surface area contributed by atoms with Crippen molar-refractivity contribution >= 4 is 16.0 Å². The van der Waals surface area contributed by atoms with E-state index in [0.29, 0.717) is 19.6 Å². The van der Waals surface area contributed by atoms with Gasteiger partial charge in [-0.2, -0.15) is 0 Å². The summed E-state index contributed by atoms with van der Waals surface area (Å²) >= 11 is 0. The molecule has 1 rings (SSSR count). The molecule has 2 N–H and O–H groups in total. The maximum Gasteiger partial charge on any atom is 0.211 e. The number of nitrogens with one attached hydrogen (secondary N) is 2. The highest BCUT2D eigenvalue weighted by atomic mass is 32.2. The molecule has 0 saturated heterocycles. The van der Waals surface area contributed by atoms with Crippen LogP contribution in [0, 0.1) is 13.8 Å². The molecule has 0 aromatic heterocycles. The molecule has 1 aromatic rings. The molecule has 0 saturated carbocycles. The second-order valence-electron chi connectivity index (χ2n) is 6.28. The first-order valence-electron chi connectivity index (χ1n) is 8.73. The molecule has 0 spiro atoms. The van der Waals surface area contributed by atoms with E-state index in [2.05, 4.69) is 47.7 Å². The van der Waals surface area contributed by atoms with Gasteiger partial charge in [0.15, 0.2) is 5.96 Å². The zero-order valence-corrected chi connectivity index (χ0v) is 16.9. The van der Waals surface area contributed by atoms with Crippen LogP contribution in [0.3, 0.4) is 0 Å². The van der Waals surface area contributed by atoms with Gasteiger partial charge in [-0.25, -0.2) is 12.7 Å². The summed E-state index contributed by atoms with van der Waals surface area (Å²) in [5.74, 6) is 0.742. The molecule has 0 radical (unpaired) electrons. The quantitative estimate of drug-likeness (QED) is 0.395. The molecule has 1 aromatic carbocycles. The first-order chi connectivity index (χ1) is 11.8. The van der Waals surface area contributed by atoms with Gasteiger partial charge in [0.1, 0.15) is 0 Å². The fraction of sp³-hybridized carbons (Fsp3) is 0.611. The third-order valence-electron chi connectivity index (χ3n) is 3.91. The summed E-state index contributed by atoms with van der Waals surface area (Å²) in [5.41, 5.74) is 3.87. The lowest BCUT2D eigenvalue weighted by Crippen LogP contribution is -2.40. The van der Waals surface area contributed by atoms with Crippen molar-refractivity contribution in [2.75, 3.05) is 39.5 Å². The highest BCUT2D eigenvalue weighted by Gasteiger charge is 2.13. The molecule has 0 fully saturated rings. The Balaban J connectivity index is 2.33. The van der Waals surface area contributed by atoms with Crippen LogP contribution < -0.4 is 10.6 Å². The normalized spacial score (nSPS) is 12.5. The summed E-state index contributed by atoms with van der Waals surface area (Å²) in [4.78, 5) is 4.20. The average Bonchev–Trinajstić information content (AvgIpc) is 2.50. The minimum Gasteiger partial charge on any atom is -0.356 e. The zero-order chi connectivity index (χ0) is 18.9. The van der Waals surface area contributed by atoms with Gasteiger partial charge in [0.25, 0.3) is 0 Å². The largest absolute Gasteiger partial charge is 0.356 e. The molecule has 0 unspecified atom stereocenters. The summed E-state index contributed by atoms with van der Waals surface area (Å²) in [5, 5.41) is 6.52. The van der Waals surface area contributed by atoms with Gasteiger partial charge in [0, 0.05) is 33.2 Å². The summed E-state index contributed by atoms with van der Waals surface area (Å²) in [6.07, 6.45) is 2.91. The number of hydrogen-bond donors (Lipinski definition) is 2. The number of sulfonamides is 1. The molecule has 0 aliphatic heterocycles. The van der Waals surface area contributed by atoms with Gasteiger partial charge >= 0.3 is 0 Å². The van der Waals surface area contributed by atoms with Gasteiger partial charge in [0.2, 0.25) is 10.0 Å². The monoisotopic (exact) mass is 368 g/mol. The van der Waals surface area contributed by atoms with Crippen LogP contribution in [0.2, 0.25) is 0 Å². The maximum absolute atomic E-state index is 11.5. The Morgan fingerprint density at radius 2 is 1.72 bits per heavy atom. The Bertz CT molecular complexity index is 651. The molecule has 0 amide bonds. The number of guanidine groups is 1. The molecule has 0 aliphatic carbocycles. The van der Waals surface area contributed by atoms with Crippen LogP contribution in [0.1, 0.15) is 30.0 Å². The molecular formula is C18H32N4O2S. The Morgan fingerprint density at radius 3 is 2.24 bits per heavy atom. The molecule has 7 heteroatoms. The van der Waals surface area contributed by atoms with Gasteiger partial charge < -0.3 is 10.6 Å². The van der Waals surface area contributed by atoms with Crippen molar-refractivity contribution in [2.45, 2.75) is 33.6 Å². The Hall–Kier alpha value is -1.60. The highest BCUT2D eigenvalue weighted by molar-refractivity contribution is 7.88. The van der Waals surface area contributed by atoms with Gasteiger partial charge in [-0.15, -0.1) is 0 Å². The van der Waals surface area contributed by atoms with Gasteiger partial charge in [0.05, 0.1) is 6.26 Å². The molecule has 0 atom stereocenters. The van der Waals surface area contributed by atoms with E-state index >= 15 is 0 Å². The molecule has 0 heterocycles. The number of benzene rings is 1. The second kappa shape index (κ2) is 10.4. The first kappa shape index (κ1) is 21.4. The Kier molecular flexibility index (Phi) is 8.92. The van der Waals surface area contributed by atoms with Crippen LogP contribution in [0.15, 0.2) is 23.2 Å². The standard InChI is InChI=1S/C18H32N4O2S/c1-6-22(25(5,23)24)11-7-9-20-18(19-4)21-10-8-17-13-15(2)12-16(3)14-17/h12-14H,6-11H2,1-5H3,(H2,19,20,21). The Morgan fingerprint density at radius 1 is 1.12 bits per heavy atom. The van der Waals surface area contributed by atoms with E-state index in [4.69, 9.17) is 0 Å². The summed E-state index contributed by atoms with van der Waals surface area (Å²) in [6.45, 7) is 8.56. The van der Waals surface area contributed by atoms with Crippen molar-refractivity contribution < 1.29 is 8.42 Å². The fourth-order valence-corrected chi connectivity index (χ4v) is 3.71. The van der Waals surface area contributed by atoms with Gasteiger partial charge in [-0.1, -0.05) is 36.2 Å². The average molecular weight is 369 g/mol. The molecule has 142 valence electrons. The minimum atomic E-state index is -3.11. The van der Waals surface area contributed by atoms with Gasteiger partial charge in [-0.3, -0.25) is 4.99 Å². The fourth-order valence-electron chi connectivity index (χ4n) is 2.78. The topological polar surface area (TPSA) is 73.8 Å². The van der Waals surface area contributed by atoms with Crippen molar-refractivity contribution in [2.24, 2.45) is 4.99 Å². The van der Waals surface area contributed by atoms with E-state index in [9.17, 15) is 8.42 Å². The smallest absolute Gasteiger partial charge is 0.211 e. The molecular weight excluding hydrogens is 336 g/mol. The number of nitrogens with zero attached hydrogens (tertiary/aromatic N) is 2. The van der Waals surface area contributed by atoms with Crippen LogP contribution in [0.5, 0.6) is 0 Å². The van der Waals surface area contributed by atoms with Gasteiger partial charge in [-0.05, 0) is 32.3 Å². The third-order valence-corrected chi connectivity index (χ3v) is 5.29. The first-order valence-corrected chi connectivity index (χ1v) is 10.6. The zero-order valence-electron chi connectivity index (χ0n) is 16.1. The van der Waals surface area contributed by atoms with Crippen molar-refractivity contribution in [3.8, 4) is 0 Å². The predicted octanol–water partition coefficient (Wildman–Crippen LogP) is 1.68. The number of aliphatic imine (C=N–C) groups is 1. The minimum absolute atomic E-state index is 0.502. The van der Waals surface area contributed by atoms with Crippen molar-refractivity contribution in [1.29, 1.82) is 0 Å². The van der Waals surface area contributed by atoms with Crippen LogP contribution >= 0.6 is 0 Å². The Labute approximate surface area is 152 Å². The lowest BCUT2D eigenvalue weighted by molar-refractivity contribution is 0.424. The molecule has 0 aliphatic rings. The number of hydrogen-bond acceptors (Lipinski definition) is 3.